The zero-order valence-electron chi connectivity index (χ0n) is 10.4. The Hall–Kier alpha value is -1.00. The number of rotatable bonds is 3. The van der Waals surface area contributed by atoms with E-state index in [0.717, 1.165) is 9.13 Å². The van der Waals surface area contributed by atoms with Gasteiger partial charge in [0.05, 0.1) is 0 Å². The molecule has 0 atom stereocenters. The van der Waals surface area contributed by atoms with Crippen LogP contribution >= 0.6 is 22.6 Å². The van der Waals surface area contributed by atoms with Gasteiger partial charge in [-0.15, -0.1) is 10.2 Å². The van der Waals surface area contributed by atoms with Crippen LogP contribution in [0.1, 0.15) is 19.9 Å². The molecular weight excluding hydrogens is 379 g/mol. The summed E-state index contributed by atoms with van der Waals surface area (Å²) in [4.78, 5) is 0. The highest BCUT2D eigenvalue weighted by atomic mass is 127. The first kappa shape index (κ1) is 14.4. The molecule has 0 saturated carbocycles. The molecule has 0 aliphatic heterocycles. The number of sulfonamides is 1. The smallest absolute Gasteiger partial charge is 0.273 e. The molecule has 0 radical (unpaired) electrons. The van der Waals surface area contributed by atoms with E-state index < -0.39 is 10.0 Å². The lowest BCUT2D eigenvalue weighted by molar-refractivity contribution is 0.524. The van der Waals surface area contributed by atoms with E-state index >= 15 is 0 Å². The lowest BCUT2D eigenvalue weighted by Crippen LogP contribution is -2.20. The van der Waals surface area contributed by atoms with Crippen LogP contribution in [0, 0.1) is 3.57 Å². The van der Waals surface area contributed by atoms with Crippen molar-refractivity contribution in [3.05, 3.63) is 27.8 Å². The minimum absolute atomic E-state index is 0.113. The molecule has 8 heteroatoms. The molecule has 0 fully saturated rings. The summed E-state index contributed by atoms with van der Waals surface area (Å²) in [6.07, 6.45) is 0. The molecule has 1 heterocycles. The van der Waals surface area contributed by atoms with Gasteiger partial charge in [0.2, 0.25) is 0 Å². The van der Waals surface area contributed by atoms with Crippen LogP contribution in [-0.4, -0.2) is 23.2 Å². The van der Waals surface area contributed by atoms with Gasteiger partial charge in [0.15, 0.2) is 5.82 Å². The second kappa shape index (κ2) is 5.17. The molecule has 0 spiro atoms. The average Bonchev–Trinajstić information content (AvgIpc) is 2.74. The van der Waals surface area contributed by atoms with E-state index in [4.69, 9.17) is 5.14 Å². The van der Waals surface area contributed by atoms with E-state index in [2.05, 4.69) is 32.8 Å². The van der Waals surface area contributed by atoms with Gasteiger partial charge in [-0.2, -0.15) is 0 Å². The van der Waals surface area contributed by atoms with Gasteiger partial charge in [-0.25, -0.2) is 13.6 Å². The minimum Gasteiger partial charge on any atom is -0.294 e. The number of benzene rings is 1. The zero-order chi connectivity index (χ0) is 14.2. The van der Waals surface area contributed by atoms with Crippen LogP contribution in [0.5, 0.6) is 0 Å². The van der Waals surface area contributed by atoms with E-state index in [0.29, 0.717) is 5.82 Å². The van der Waals surface area contributed by atoms with Gasteiger partial charge in [0, 0.05) is 15.2 Å². The lowest BCUT2D eigenvalue weighted by Gasteiger charge is -2.12. The number of hydrogen-bond acceptors (Lipinski definition) is 4. The third kappa shape index (κ3) is 2.95. The molecule has 0 amide bonds. The zero-order valence-corrected chi connectivity index (χ0v) is 13.4. The first-order valence-electron chi connectivity index (χ1n) is 5.54. The Morgan fingerprint density at radius 1 is 1.21 bits per heavy atom. The van der Waals surface area contributed by atoms with Crippen LogP contribution in [0.2, 0.25) is 0 Å². The molecule has 102 valence electrons. The fourth-order valence-corrected chi connectivity index (χ4v) is 2.82. The van der Waals surface area contributed by atoms with Gasteiger partial charge in [0.25, 0.3) is 15.2 Å². The van der Waals surface area contributed by atoms with Crippen LogP contribution in [0.4, 0.5) is 0 Å². The Labute approximate surface area is 125 Å². The number of halogens is 1. The summed E-state index contributed by atoms with van der Waals surface area (Å²) in [7, 11) is -3.89. The van der Waals surface area contributed by atoms with E-state index in [1.807, 2.05) is 38.1 Å². The number of primary sulfonamides is 1. The van der Waals surface area contributed by atoms with Crippen LogP contribution in [0.15, 0.2) is 29.4 Å². The van der Waals surface area contributed by atoms with Crippen molar-refractivity contribution in [1.82, 2.24) is 14.8 Å². The molecule has 2 aromatic rings. The van der Waals surface area contributed by atoms with Gasteiger partial charge in [0.1, 0.15) is 0 Å². The summed E-state index contributed by atoms with van der Waals surface area (Å²) in [5.41, 5.74) is 0.802. The van der Waals surface area contributed by atoms with Crippen LogP contribution in [0.3, 0.4) is 0 Å². The summed E-state index contributed by atoms with van der Waals surface area (Å²) in [5.74, 6) is 0.496. The molecule has 6 nitrogen and oxygen atoms in total. The normalized spacial score (nSPS) is 12.1. The summed E-state index contributed by atoms with van der Waals surface area (Å²) >= 11 is 2.20. The van der Waals surface area contributed by atoms with Crippen LogP contribution in [-0.2, 0) is 10.0 Å². The fraction of sp³-hybridized carbons (Fsp3) is 0.273. The van der Waals surface area contributed by atoms with Gasteiger partial charge >= 0.3 is 0 Å². The summed E-state index contributed by atoms with van der Waals surface area (Å²) in [5, 5.41) is 12.6. The van der Waals surface area contributed by atoms with Crippen molar-refractivity contribution in [2.45, 2.75) is 25.0 Å². The molecular formula is C11H13IN4O2S. The quantitative estimate of drug-likeness (QED) is 0.807. The van der Waals surface area contributed by atoms with Crippen molar-refractivity contribution in [2.24, 2.45) is 5.14 Å². The van der Waals surface area contributed by atoms with Gasteiger partial charge in [-0.1, -0.05) is 12.1 Å². The Morgan fingerprint density at radius 2 is 1.79 bits per heavy atom. The van der Waals surface area contributed by atoms with Crippen molar-refractivity contribution < 1.29 is 8.42 Å². The number of aromatic nitrogens is 3. The molecule has 0 bridgehead atoms. The van der Waals surface area contributed by atoms with E-state index in [9.17, 15) is 8.42 Å². The highest BCUT2D eigenvalue weighted by Gasteiger charge is 2.23. The van der Waals surface area contributed by atoms with Gasteiger partial charge in [-0.3, -0.25) is 4.57 Å². The first-order chi connectivity index (χ1) is 8.80. The maximum atomic E-state index is 11.5. The summed E-state index contributed by atoms with van der Waals surface area (Å²) in [6, 6.07) is 7.48. The van der Waals surface area contributed by atoms with E-state index in [1.165, 1.54) is 4.57 Å². The summed E-state index contributed by atoms with van der Waals surface area (Å²) < 4.78 is 25.6. The largest absolute Gasteiger partial charge is 0.294 e. The predicted octanol–water partition coefficient (Wildman–Crippen LogP) is 1.78. The van der Waals surface area contributed by atoms with Crippen LogP contribution < -0.4 is 5.14 Å². The van der Waals surface area contributed by atoms with Gasteiger partial charge in [-0.05, 0) is 48.6 Å². The average molecular weight is 392 g/mol. The maximum absolute atomic E-state index is 11.5. The first-order valence-corrected chi connectivity index (χ1v) is 8.17. The third-order valence-electron chi connectivity index (χ3n) is 2.54. The summed E-state index contributed by atoms with van der Waals surface area (Å²) in [6.45, 7) is 3.71. The maximum Gasteiger partial charge on any atom is 0.273 e. The van der Waals surface area contributed by atoms with E-state index in [1.54, 1.807) is 0 Å². The lowest BCUT2D eigenvalue weighted by atomic mass is 10.2. The number of nitrogens with two attached hydrogens (primary N) is 1. The molecule has 1 aromatic heterocycles. The Bertz CT molecular complexity index is 692. The topological polar surface area (TPSA) is 90.9 Å². The minimum atomic E-state index is -3.89. The van der Waals surface area contributed by atoms with Crippen molar-refractivity contribution in [3.63, 3.8) is 0 Å². The number of hydrogen-bond donors (Lipinski definition) is 1. The number of nitrogens with zero attached hydrogens (tertiary/aromatic N) is 3. The molecule has 19 heavy (non-hydrogen) atoms. The Balaban J connectivity index is 2.65. The predicted molar refractivity (Wildman–Crippen MR) is 79.9 cm³/mol. The molecule has 0 unspecified atom stereocenters. The van der Waals surface area contributed by atoms with E-state index in [-0.39, 0.29) is 11.2 Å². The SMILES string of the molecule is CC(C)n1c(-c2ccc(I)cc2)nnc1S(N)(=O)=O. The van der Waals surface area contributed by atoms with Crippen molar-refractivity contribution in [2.75, 3.05) is 0 Å². The highest BCUT2D eigenvalue weighted by molar-refractivity contribution is 14.1. The van der Waals surface area contributed by atoms with Gasteiger partial charge < -0.3 is 0 Å². The fourth-order valence-electron chi connectivity index (χ4n) is 1.73. The second-order valence-corrected chi connectivity index (χ2v) is 7.02. The highest BCUT2D eigenvalue weighted by Crippen LogP contribution is 2.24. The molecule has 1 aromatic carbocycles. The van der Waals surface area contributed by atoms with Crippen molar-refractivity contribution in [3.8, 4) is 11.4 Å². The van der Waals surface area contributed by atoms with Crippen LogP contribution in [0.25, 0.3) is 11.4 Å². The van der Waals surface area contributed by atoms with Crippen molar-refractivity contribution >= 4 is 32.6 Å². The third-order valence-corrected chi connectivity index (χ3v) is 4.04. The monoisotopic (exact) mass is 392 g/mol. The standard InChI is InChI=1S/C11H13IN4O2S/c1-7(2)16-10(8-3-5-9(12)6-4-8)14-15-11(16)19(13,17)18/h3-7H,1-2H3,(H2,13,17,18). The molecule has 2 N–H and O–H groups in total. The molecule has 0 aliphatic carbocycles. The molecule has 2 rings (SSSR count). The van der Waals surface area contributed by atoms with Crippen molar-refractivity contribution in [1.29, 1.82) is 0 Å². The second-order valence-electron chi connectivity index (χ2n) is 4.32. The molecule has 0 aliphatic rings. The Morgan fingerprint density at radius 3 is 2.26 bits per heavy atom. The molecule has 0 saturated heterocycles. The Kier molecular flexibility index (Phi) is 3.92.